The van der Waals surface area contributed by atoms with Gasteiger partial charge in [-0.2, -0.15) is 0 Å². The Bertz CT molecular complexity index is 399. The van der Waals surface area contributed by atoms with Gasteiger partial charge in [-0.15, -0.1) is 0 Å². The molecule has 0 spiro atoms. The minimum atomic E-state index is -0.632. The number of carbonyl (C=O) groups is 2. The zero-order valence-electron chi connectivity index (χ0n) is 10.7. The zero-order chi connectivity index (χ0) is 13.5. The van der Waals surface area contributed by atoms with Crippen LogP contribution in [0.1, 0.15) is 20.3 Å². The molecule has 0 aromatic carbocycles. The zero-order valence-corrected chi connectivity index (χ0v) is 10.7. The molecular formula is C13H18N2O3. The van der Waals surface area contributed by atoms with Crippen LogP contribution < -0.4 is 5.43 Å². The highest BCUT2D eigenvalue weighted by Gasteiger charge is 2.37. The SMILES string of the molecule is C=C/C(=C\C=C/C)N1NC(=O)CC1C(=O)OCC. The smallest absolute Gasteiger partial charge is 0.331 e. The van der Waals surface area contributed by atoms with Crippen LogP contribution in [-0.2, 0) is 14.3 Å². The summed E-state index contributed by atoms with van der Waals surface area (Å²) in [6.45, 7) is 7.58. The highest BCUT2D eigenvalue weighted by Crippen LogP contribution is 2.18. The number of rotatable bonds is 5. The minimum Gasteiger partial charge on any atom is -0.464 e. The Balaban J connectivity index is 2.92. The van der Waals surface area contributed by atoms with Crippen molar-refractivity contribution in [3.63, 3.8) is 0 Å². The summed E-state index contributed by atoms with van der Waals surface area (Å²) in [5, 5.41) is 1.49. The monoisotopic (exact) mass is 250 g/mol. The van der Waals surface area contributed by atoms with E-state index in [4.69, 9.17) is 4.74 Å². The normalized spacial score (nSPS) is 20.1. The summed E-state index contributed by atoms with van der Waals surface area (Å²) >= 11 is 0. The number of amides is 1. The first kappa shape index (κ1) is 14.0. The van der Waals surface area contributed by atoms with Crippen LogP contribution in [0.5, 0.6) is 0 Å². The van der Waals surface area contributed by atoms with Crippen LogP contribution in [0.2, 0.25) is 0 Å². The summed E-state index contributed by atoms with van der Waals surface area (Å²) in [6, 6.07) is -0.632. The van der Waals surface area contributed by atoms with Gasteiger partial charge in [-0.05, 0) is 26.0 Å². The van der Waals surface area contributed by atoms with Crippen molar-refractivity contribution in [2.75, 3.05) is 6.61 Å². The van der Waals surface area contributed by atoms with Gasteiger partial charge in [0.15, 0.2) is 6.04 Å². The molecule has 1 fully saturated rings. The number of esters is 1. The van der Waals surface area contributed by atoms with Crippen LogP contribution in [0.25, 0.3) is 0 Å². The molecule has 1 atom stereocenters. The van der Waals surface area contributed by atoms with E-state index in [-0.39, 0.29) is 12.3 Å². The topological polar surface area (TPSA) is 58.6 Å². The Morgan fingerprint density at radius 1 is 1.67 bits per heavy atom. The van der Waals surface area contributed by atoms with Crippen molar-refractivity contribution in [1.82, 2.24) is 10.4 Å². The Kier molecular flexibility index (Phi) is 5.17. The lowest BCUT2D eigenvalue weighted by Crippen LogP contribution is -2.41. The van der Waals surface area contributed by atoms with Crippen molar-refractivity contribution in [3.8, 4) is 0 Å². The highest BCUT2D eigenvalue weighted by atomic mass is 16.5. The highest BCUT2D eigenvalue weighted by molar-refractivity contribution is 5.88. The average Bonchev–Trinajstić information content (AvgIpc) is 2.73. The molecule has 18 heavy (non-hydrogen) atoms. The number of carbonyl (C=O) groups excluding carboxylic acids is 2. The largest absolute Gasteiger partial charge is 0.464 e. The Labute approximate surface area is 107 Å². The molecule has 0 radical (unpaired) electrons. The van der Waals surface area contributed by atoms with E-state index in [1.54, 1.807) is 19.1 Å². The molecule has 1 aliphatic rings. The van der Waals surface area contributed by atoms with Crippen molar-refractivity contribution in [3.05, 3.63) is 36.6 Å². The first-order valence-electron chi connectivity index (χ1n) is 5.84. The molecule has 0 aromatic rings. The second kappa shape index (κ2) is 6.64. The summed E-state index contributed by atoms with van der Waals surface area (Å²) in [4.78, 5) is 23.2. The lowest BCUT2D eigenvalue weighted by Gasteiger charge is -2.24. The molecule has 0 bridgehead atoms. The Morgan fingerprint density at radius 2 is 2.39 bits per heavy atom. The summed E-state index contributed by atoms with van der Waals surface area (Å²) in [5.41, 5.74) is 3.27. The van der Waals surface area contributed by atoms with Gasteiger partial charge in [-0.3, -0.25) is 15.2 Å². The molecule has 98 valence electrons. The molecule has 1 amide bonds. The van der Waals surface area contributed by atoms with E-state index in [9.17, 15) is 9.59 Å². The number of hydrazine groups is 1. The van der Waals surface area contributed by atoms with E-state index in [0.717, 1.165) is 0 Å². The third-order valence-corrected chi connectivity index (χ3v) is 2.44. The first-order chi connectivity index (χ1) is 8.63. The van der Waals surface area contributed by atoms with E-state index in [0.29, 0.717) is 12.3 Å². The van der Waals surface area contributed by atoms with Gasteiger partial charge in [0.05, 0.1) is 18.7 Å². The summed E-state index contributed by atoms with van der Waals surface area (Å²) in [5.74, 6) is -0.620. The second-order valence-electron chi connectivity index (χ2n) is 3.70. The molecule has 0 aliphatic carbocycles. The van der Waals surface area contributed by atoms with Crippen molar-refractivity contribution in [2.24, 2.45) is 0 Å². The summed E-state index contributed by atoms with van der Waals surface area (Å²) in [7, 11) is 0. The lowest BCUT2D eigenvalue weighted by atomic mass is 10.2. The maximum Gasteiger partial charge on any atom is 0.331 e. The number of allylic oxidation sites excluding steroid dienone is 4. The number of ether oxygens (including phenoxy) is 1. The molecule has 1 heterocycles. The predicted octanol–water partition coefficient (Wildman–Crippen LogP) is 1.30. The maximum atomic E-state index is 11.8. The van der Waals surface area contributed by atoms with E-state index >= 15 is 0 Å². The van der Waals surface area contributed by atoms with Crippen molar-refractivity contribution >= 4 is 11.9 Å². The number of hydrogen-bond donors (Lipinski definition) is 1. The minimum absolute atomic E-state index is 0.0971. The average molecular weight is 250 g/mol. The van der Waals surface area contributed by atoms with Gasteiger partial charge < -0.3 is 4.74 Å². The number of nitrogens with zero attached hydrogens (tertiary/aromatic N) is 1. The van der Waals surface area contributed by atoms with E-state index in [1.807, 2.05) is 19.1 Å². The van der Waals surface area contributed by atoms with Gasteiger partial charge in [0.1, 0.15) is 0 Å². The molecule has 5 nitrogen and oxygen atoms in total. The van der Waals surface area contributed by atoms with Gasteiger partial charge in [-0.25, -0.2) is 4.79 Å². The molecule has 0 aromatic heterocycles. The fourth-order valence-electron chi connectivity index (χ4n) is 1.64. The van der Waals surface area contributed by atoms with Gasteiger partial charge >= 0.3 is 5.97 Å². The Hall–Kier alpha value is -2.04. The van der Waals surface area contributed by atoms with Crippen LogP contribution >= 0.6 is 0 Å². The lowest BCUT2D eigenvalue weighted by molar-refractivity contribution is -0.148. The molecule has 5 heteroatoms. The molecule has 1 saturated heterocycles. The quantitative estimate of drug-likeness (QED) is 0.590. The molecule has 1 rings (SSSR count). The summed E-state index contributed by atoms with van der Waals surface area (Å²) < 4.78 is 4.95. The van der Waals surface area contributed by atoms with Crippen LogP contribution in [0.4, 0.5) is 0 Å². The molecule has 0 saturated carbocycles. The van der Waals surface area contributed by atoms with E-state index in [1.165, 1.54) is 5.01 Å². The number of nitrogens with one attached hydrogen (secondary N) is 1. The van der Waals surface area contributed by atoms with Crippen molar-refractivity contribution < 1.29 is 14.3 Å². The number of hydrogen-bond acceptors (Lipinski definition) is 4. The predicted molar refractivity (Wildman–Crippen MR) is 68.1 cm³/mol. The fraction of sp³-hybridized carbons (Fsp3) is 0.385. The standard InChI is InChI=1S/C13H18N2O3/c1-4-7-8-10(5-2)15-11(9-12(16)14-15)13(17)18-6-3/h4-5,7-8,11H,2,6,9H2,1,3H3,(H,14,16)/b7-4-,10-8+. The molecule has 1 N–H and O–H groups in total. The van der Waals surface area contributed by atoms with Crippen LogP contribution in [0.15, 0.2) is 36.6 Å². The summed E-state index contributed by atoms with van der Waals surface area (Å²) in [6.07, 6.45) is 7.10. The Morgan fingerprint density at radius 3 is 2.94 bits per heavy atom. The van der Waals surface area contributed by atoms with Gasteiger partial charge in [-0.1, -0.05) is 18.7 Å². The fourth-order valence-corrected chi connectivity index (χ4v) is 1.64. The maximum absolute atomic E-state index is 11.8. The van der Waals surface area contributed by atoms with Crippen LogP contribution in [0, 0.1) is 0 Å². The third kappa shape index (κ3) is 3.23. The van der Waals surface area contributed by atoms with Crippen molar-refractivity contribution in [1.29, 1.82) is 0 Å². The van der Waals surface area contributed by atoms with Crippen LogP contribution in [0.3, 0.4) is 0 Å². The van der Waals surface area contributed by atoms with Crippen molar-refractivity contribution in [2.45, 2.75) is 26.3 Å². The van der Waals surface area contributed by atoms with Crippen LogP contribution in [-0.4, -0.2) is 29.5 Å². The van der Waals surface area contributed by atoms with E-state index in [2.05, 4.69) is 12.0 Å². The van der Waals surface area contributed by atoms with E-state index < -0.39 is 12.0 Å². The van der Waals surface area contributed by atoms with Gasteiger partial charge in [0.25, 0.3) is 0 Å². The second-order valence-corrected chi connectivity index (χ2v) is 3.70. The molecule has 1 aliphatic heterocycles. The first-order valence-corrected chi connectivity index (χ1v) is 5.84. The van der Waals surface area contributed by atoms with Gasteiger partial charge in [0.2, 0.25) is 5.91 Å². The molecular weight excluding hydrogens is 232 g/mol. The van der Waals surface area contributed by atoms with Gasteiger partial charge in [0, 0.05) is 0 Å². The molecule has 1 unspecified atom stereocenters. The third-order valence-electron chi connectivity index (χ3n) is 2.44.